The second-order valence-electron chi connectivity index (χ2n) is 6.51. The van der Waals surface area contributed by atoms with Gasteiger partial charge in [-0.25, -0.2) is 0 Å². The number of thioether (sulfide) groups is 1. The van der Waals surface area contributed by atoms with E-state index in [1.54, 1.807) is 0 Å². The Morgan fingerprint density at radius 1 is 0.966 bits per heavy atom. The zero-order valence-corrected chi connectivity index (χ0v) is 17.4. The number of aromatic nitrogens is 3. The van der Waals surface area contributed by atoms with E-state index in [0.29, 0.717) is 11.7 Å². The van der Waals surface area contributed by atoms with Crippen molar-refractivity contribution in [2.24, 2.45) is 0 Å². The van der Waals surface area contributed by atoms with Crippen molar-refractivity contribution in [3.8, 4) is 11.4 Å². The molecule has 8 heteroatoms. The first kappa shape index (κ1) is 20.6. The lowest BCUT2D eigenvalue weighted by Crippen LogP contribution is -2.14. The third-order valence-electron chi connectivity index (χ3n) is 4.16. The molecule has 2 amide bonds. The fourth-order valence-electron chi connectivity index (χ4n) is 2.76. The van der Waals surface area contributed by atoms with Crippen molar-refractivity contribution in [2.75, 3.05) is 16.4 Å². The molecule has 0 bridgehead atoms. The van der Waals surface area contributed by atoms with Gasteiger partial charge in [0.2, 0.25) is 11.8 Å². The van der Waals surface area contributed by atoms with E-state index in [1.807, 2.05) is 66.9 Å². The van der Waals surface area contributed by atoms with Crippen LogP contribution in [0.2, 0.25) is 0 Å². The van der Waals surface area contributed by atoms with Crippen molar-refractivity contribution in [1.29, 1.82) is 0 Å². The van der Waals surface area contributed by atoms with Crippen LogP contribution in [0.4, 0.5) is 11.4 Å². The molecule has 0 aliphatic rings. The van der Waals surface area contributed by atoms with Crippen LogP contribution in [0, 0.1) is 6.92 Å². The number of aryl methyl sites for hydroxylation is 1. The SMILES string of the molecule is CCn1c(SCC(=O)Nc2ccc(C)cc2)nnc1-c1ccc(NC(C)=O)cc1. The van der Waals surface area contributed by atoms with Crippen molar-refractivity contribution in [2.45, 2.75) is 32.5 Å². The van der Waals surface area contributed by atoms with Gasteiger partial charge in [0.15, 0.2) is 11.0 Å². The van der Waals surface area contributed by atoms with Crippen LogP contribution in [0.15, 0.2) is 53.7 Å². The Hall–Kier alpha value is -3.13. The van der Waals surface area contributed by atoms with Crippen LogP contribution in [-0.2, 0) is 16.1 Å². The minimum atomic E-state index is -0.114. The van der Waals surface area contributed by atoms with Gasteiger partial charge in [-0.2, -0.15) is 0 Å². The normalized spacial score (nSPS) is 10.6. The van der Waals surface area contributed by atoms with E-state index in [4.69, 9.17) is 0 Å². The highest BCUT2D eigenvalue weighted by molar-refractivity contribution is 7.99. The average Bonchev–Trinajstić information content (AvgIpc) is 3.11. The van der Waals surface area contributed by atoms with Gasteiger partial charge in [-0.15, -0.1) is 10.2 Å². The second-order valence-corrected chi connectivity index (χ2v) is 7.45. The van der Waals surface area contributed by atoms with Crippen LogP contribution < -0.4 is 10.6 Å². The van der Waals surface area contributed by atoms with Gasteiger partial charge < -0.3 is 15.2 Å². The maximum atomic E-state index is 12.2. The van der Waals surface area contributed by atoms with Crippen LogP contribution in [0.3, 0.4) is 0 Å². The highest BCUT2D eigenvalue weighted by atomic mass is 32.2. The van der Waals surface area contributed by atoms with Crippen molar-refractivity contribution in [3.05, 3.63) is 54.1 Å². The smallest absolute Gasteiger partial charge is 0.234 e. The summed E-state index contributed by atoms with van der Waals surface area (Å²) < 4.78 is 1.97. The number of carbonyl (C=O) groups is 2. The van der Waals surface area contributed by atoms with Gasteiger partial charge in [-0.05, 0) is 50.2 Å². The summed E-state index contributed by atoms with van der Waals surface area (Å²) in [5.74, 6) is 0.763. The third-order valence-corrected chi connectivity index (χ3v) is 5.13. The molecule has 150 valence electrons. The molecule has 29 heavy (non-hydrogen) atoms. The van der Waals surface area contributed by atoms with Crippen LogP contribution in [0.25, 0.3) is 11.4 Å². The van der Waals surface area contributed by atoms with E-state index < -0.39 is 0 Å². The highest BCUT2D eigenvalue weighted by Crippen LogP contribution is 2.25. The molecule has 0 spiro atoms. The van der Waals surface area contributed by atoms with Gasteiger partial charge >= 0.3 is 0 Å². The van der Waals surface area contributed by atoms with Gasteiger partial charge in [-0.1, -0.05) is 29.5 Å². The summed E-state index contributed by atoms with van der Waals surface area (Å²) in [7, 11) is 0. The number of hydrogen-bond acceptors (Lipinski definition) is 5. The average molecular weight is 410 g/mol. The fraction of sp³-hybridized carbons (Fsp3) is 0.238. The lowest BCUT2D eigenvalue weighted by Gasteiger charge is -2.09. The topological polar surface area (TPSA) is 88.9 Å². The Morgan fingerprint density at radius 3 is 2.21 bits per heavy atom. The van der Waals surface area contributed by atoms with Crippen molar-refractivity contribution in [3.63, 3.8) is 0 Å². The first-order valence-electron chi connectivity index (χ1n) is 9.27. The molecule has 0 fully saturated rings. The van der Waals surface area contributed by atoms with Gasteiger partial charge in [0.25, 0.3) is 0 Å². The molecule has 0 atom stereocenters. The zero-order chi connectivity index (χ0) is 20.8. The molecule has 7 nitrogen and oxygen atoms in total. The van der Waals surface area contributed by atoms with Gasteiger partial charge in [0.05, 0.1) is 5.75 Å². The summed E-state index contributed by atoms with van der Waals surface area (Å²) >= 11 is 1.35. The molecule has 3 rings (SSSR count). The van der Waals surface area contributed by atoms with E-state index in [2.05, 4.69) is 20.8 Å². The van der Waals surface area contributed by atoms with E-state index in [0.717, 1.165) is 28.3 Å². The Bertz CT molecular complexity index is 997. The monoisotopic (exact) mass is 409 g/mol. The number of anilines is 2. The summed E-state index contributed by atoms with van der Waals surface area (Å²) in [6.07, 6.45) is 0. The second kappa shape index (κ2) is 9.38. The third kappa shape index (κ3) is 5.45. The lowest BCUT2D eigenvalue weighted by molar-refractivity contribution is -0.114. The van der Waals surface area contributed by atoms with E-state index in [-0.39, 0.29) is 17.6 Å². The number of benzene rings is 2. The maximum Gasteiger partial charge on any atom is 0.234 e. The number of amides is 2. The Labute approximate surface area is 173 Å². The van der Waals surface area contributed by atoms with E-state index >= 15 is 0 Å². The quantitative estimate of drug-likeness (QED) is 0.577. The van der Waals surface area contributed by atoms with Gasteiger partial charge in [-0.3, -0.25) is 9.59 Å². The molecule has 0 unspecified atom stereocenters. The molecule has 0 aliphatic heterocycles. The first-order chi connectivity index (χ1) is 14.0. The minimum Gasteiger partial charge on any atom is -0.326 e. The van der Waals surface area contributed by atoms with Crippen LogP contribution >= 0.6 is 11.8 Å². The molecule has 1 heterocycles. The molecule has 0 radical (unpaired) electrons. The molecule has 0 saturated heterocycles. The number of carbonyl (C=O) groups excluding carboxylic acids is 2. The van der Waals surface area contributed by atoms with Crippen LogP contribution in [-0.4, -0.2) is 32.3 Å². The molecule has 2 aromatic carbocycles. The molecule has 0 aliphatic carbocycles. The molecular formula is C21H23N5O2S. The number of nitrogens with one attached hydrogen (secondary N) is 2. The minimum absolute atomic E-state index is 0.0919. The predicted octanol–water partition coefficient (Wildman–Crippen LogP) is 3.96. The largest absolute Gasteiger partial charge is 0.326 e. The molecular weight excluding hydrogens is 386 g/mol. The summed E-state index contributed by atoms with van der Waals surface area (Å²) in [5.41, 5.74) is 3.54. The Morgan fingerprint density at radius 2 is 1.59 bits per heavy atom. The Balaban J connectivity index is 1.66. The Kier molecular flexibility index (Phi) is 6.66. The van der Waals surface area contributed by atoms with Crippen molar-refractivity contribution in [1.82, 2.24) is 14.8 Å². The molecule has 0 saturated carbocycles. The summed E-state index contributed by atoms with van der Waals surface area (Å²) in [6, 6.07) is 15.1. The zero-order valence-electron chi connectivity index (χ0n) is 16.6. The molecule has 3 aromatic rings. The van der Waals surface area contributed by atoms with Crippen LogP contribution in [0.1, 0.15) is 19.4 Å². The number of rotatable bonds is 7. The summed E-state index contributed by atoms with van der Waals surface area (Å²) in [5, 5.41) is 14.9. The fourth-order valence-corrected chi connectivity index (χ4v) is 3.57. The van der Waals surface area contributed by atoms with Gasteiger partial charge in [0.1, 0.15) is 0 Å². The summed E-state index contributed by atoms with van der Waals surface area (Å²) in [4.78, 5) is 23.4. The standard InChI is InChI=1S/C21H23N5O2S/c1-4-26-20(16-7-11-17(12-8-16)22-15(3)27)24-25-21(26)29-13-19(28)23-18-9-5-14(2)6-10-18/h5-12H,4,13H2,1-3H3,(H,22,27)(H,23,28). The number of hydrogen-bond donors (Lipinski definition) is 2. The molecule has 1 aromatic heterocycles. The lowest BCUT2D eigenvalue weighted by atomic mass is 10.2. The first-order valence-corrected chi connectivity index (χ1v) is 10.3. The van der Waals surface area contributed by atoms with Crippen LogP contribution in [0.5, 0.6) is 0 Å². The predicted molar refractivity (Wildman–Crippen MR) is 116 cm³/mol. The van der Waals surface area contributed by atoms with E-state index in [9.17, 15) is 9.59 Å². The maximum absolute atomic E-state index is 12.2. The number of nitrogens with zero attached hydrogens (tertiary/aromatic N) is 3. The van der Waals surface area contributed by atoms with Gasteiger partial charge in [0, 0.05) is 30.4 Å². The van der Waals surface area contributed by atoms with Crippen molar-refractivity contribution >= 4 is 35.0 Å². The van der Waals surface area contributed by atoms with E-state index in [1.165, 1.54) is 18.7 Å². The molecule has 2 N–H and O–H groups in total. The van der Waals surface area contributed by atoms with Crippen molar-refractivity contribution < 1.29 is 9.59 Å². The summed E-state index contributed by atoms with van der Waals surface area (Å²) in [6.45, 7) is 6.16. The highest BCUT2D eigenvalue weighted by Gasteiger charge is 2.15.